The number of benzene rings is 1. The number of nitrogens with zero attached hydrogens (tertiary/aromatic N) is 2. The summed E-state index contributed by atoms with van der Waals surface area (Å²) in [6.07, 6.45) is 0. The molecule has 0 saturated carbocycles. The van der Waals surface area contributed by atoms with Crippen molar-refractivity contribution >= 4 is 17.2 Å². The van der Waals surface area contributed by atoms with Crippen LogP contribution < -0.4 is 5.73 Å². The molecule has 1 aliphatic heterocycles. The van der Waals surface area contributed by atoms with Crippen molar-refractivity contribution in [2.75, 3.05) is 26.2 Å². The topological polar surface area (TPSA) is 32.5 Å². The van der Waals surface area contributed by atoms with Crippen LogP contribution in [0.4, 0.5) is 0 Å². The molecule has 4 heteroatoms. The molecule has 1 saturated heterocycles. The van der Waals surface area contributed by atoms with Crippen LogP contribution in [0.5, 0.6) is 0 Å². The van der Waals surface area contributed by atoms with Gasteiger partial charge in [0.15, 0.2) is 0 Å². The molecule has 1 fully saturated rings. The fourth-order valence-electron chi connectivity index (χ4n) is 2.46. The third-order valence-electron chi connectivity index (χ3n) is 4.01. The van der Waals surface area contributed by atoms with Crippen molar-refractivity contribution in [2.45, 2.75) is 25.9 Å². The number of hydrogen-bond acceptors (Lipinski definition) is 3. The standard InChI is InChI=1S/C15H23N3S/c1-15(2,14(16)19)18-10-8-17(9-11-18)12-13-6-4-3-5-7-13/h3-7H,8-12H2,1-2H3,(H2,16,19). The monoisotopic (exact) mass is 277 g/mol. The minimum Gasteiger partial charge on any atom is -0.392 e. The zero-order valence-electron chi connectivity index (χ0n) is 11.8. The Kier molecular flexibility index (Phi) is 4.55. The maximum absolute atomic E-state index is 5.84. The summed E-state index contributed by atoms with van der Waals surface area (Å²) in [5, 5.41) is 0. The van der Waals surface area contributed by atoms with Crippen molar-refractivity contribution in [1.29, 1.82) is 0 Å². The molecule has 0 unspecified atom stereocenters. The summed E-state index contributed by atoms with van der Waals surface area (Å²) in [6, 6.07) is 10.6. The first-order valence-corrected chi connectivity index (χ1v) is 7.22. The van der Waals surface area contributed by atoms with E-state index in [9.17, 15) is 0 Å². The van der Waals surface area contributed by atoms with Crippen LogP contribution in [0.2, 0.25) is 0 Å². The zero-order chi connectivity index (χ0) is 13.9. The normalized spacial score (nSPS) is 18.4. The van der Waals surface area contributed by atoms with Crippen molar-refractivity contribution in [2.24, 2.45) is 5.73 Å². The van der Waals surface area contributed by atoms with Crippen molar-refractivity contribution < 1.29 is 0 Å². The number of thiocarbonyl (C=S) groups is 1. The molecule has 1 heterocycles. The lowest BCUT2D eigenvalue weighted by Gasteiger charge is -2.43. The molecule has 2 N–H and O–H groups in total. The van der Waals surface area contributed by atoms with E-state index in [2.05, 4.69) is 54.0 Å². The van der Waals surface area contributed by atoms with Gasteiger partial charge in [-0.05, 0) is 19.4 Å². The highest BCUT2D eigenvalue weighted by molar-refractivity contribution is 7.80. The van der Waals surface area contributed by atoms with Crippen LogP contribution in [0.3, 0.4) is 0 Å². The summed E-state index contributed by atoms with van der Waals surface area (Å²) in [6.45, 7) is 9.45. The molecule has 0 amide bonds. The fraction of sp³-hybridized carbons (Fsp3) is 0.533. The summed E-state index contributed by atoms with van der Waals surface area (Å²) in [4.78, 5) is 5.46. The van der Waals surface area contributed by atoms with E-state index in [1.807, 2.05) is 0 Å². The van der Waals surface area contributed by atoms with Gasteiger partial charge in [0.1, 0.15) is 0 Å². The smallest absolute Gasteiger partial charge is 0.0928 e. The minimum atomic E-state index is -0.172. The lowest BCUT2D eigenvalue weighted by Crippen LogP contribution is -2.59. The minimum absolute atomic E-state index is 0.172. The highest BCUT2D eigenvalue weighted by atomic mass is 32.1. The Balaban J connectivity index is 1.88. The van der Waals surface area contributed by atoms with Crippen LogP contribution in [0.15, 0.2) is 30.3 Å². The second-order valence-electron chi connectivity index (χ2n) is 5.67. The summed E-state index contributed by atoms with van der Waals surface area (Å²) >= 11 is 5.17. The molecule has 1 aliphatic rings. The molecule has 0 radical (unpaired) electrons. The third kappa shape index (κ3) is 3.53. The molecular weight excluding hydrogens is 254 g/mol. The zero-order valence-corrected chi connectivity index (χ0v) is 12.6. The Hall–Kier alpha value is -0.970. The molecule has 0 bridgehead atoms. The highest BCUT2D eigenvalue weighted by Crippen LogP contribution is 2.18. The van der Waals surface area contributed by atoms with Gasteiger partial charge in [-0.3, -0.25) is 9.80 Å². The molecule has 0 spiro atoms. The second kappa shape index (κ2) is 5.99. The van der Waals surface area contributed by atoms with E-state index in [0.717, 1.165) is 32.7 Å². The lowest BCUT2D eigenvalue weighted by atomic mass is 10.0. The summed E-state index contributed by atoms with van der Waals surface area (Å²) in [7, 11) is 0. The maximum Gasteiger partial charge on any atom is 0.0928 e. The van der Waals surface area contributed by atoms with E-state index in [0.29, 0.717) is 4.99 Å². The first kappa shape index (κ1) is 14.4. The summed E-state index contributed by atoms with van der Waals surface area (Å²) in [5.41, 5.74) is 7.04. The van der Waals surface area contributed by atoms with Gasteiger partial charge in [-0.1, -0.05) is 42.5 Å². The molecule has 1 aromatic rings. The van der Waals surface area contributed by atoms with Crippen molar-refractivity contribution in [3.05, 3.63) is 35.9 Å². The van der Waals surface area contributed by atoms with Gasteiger partial charge in [0.25, 0.3) is 0 Å². The predicted molar refractivity (Wildman–Crippen MR) is 84.2 cm³/mol. The lowest BCUT2D eigenvalue weighted by molar-refractivity contribution is 0.0821. The summed E-state index contributed by atoms with van der Waals surface area (Å²) < 4.78 is 0. The molecular formula is C15H23N3S. The maximum atomic E-state index is 5.84. The highest BCUT2D eigenvalue weighted by Gasteiger charge is 2.32. The van der Waals surface area contributed by atoms with Gasteiger partial charge in [0.2, 0.25) is 0 Å². The third-order valence-corrected chi connectivity index (χ3v) is 4.51. The number of nitrogens with two attached hydrogens (primary N) is 1. The van der Waals surface area contributed by atoms with Gasteiger partial charge in [-0.15, -0.1) is 0 Å². The molecule has 0 aliphatic carbocycles. The van der Waals surface area contributed by atoms with E-state index in [4.69, 9.17) is 18.0 Å². The number of rotatable bonds is 4. The Morgan fingerprint density at radius 3 is 2.26 bits per heavy atom. The molecule has 2 rings (SSSR count). The largest absolute Gasteiger partial charge is 0.392 e. The van der Waals surface area contributed by atoms with E-state index in [1.165, 1.54) is 5.56 Å². The Morgan fingerprint density at radius 2 is 1.74 bits per heavy atom. The number of piperazine rings is 1. The SMILES string of the molecule is CC(C)(C(N)=S)N1CCN(Cc2ccccc2)CC1. The molecule has 104 valence electrons. The van der Waals surface area contributed by atoms with E-state index >= 15 is 0 Å². The molecule has 0 aromatic heterocycles. The molecule has 19 heavy (non-hydrogen) atoms. The van der Waals surface area contributed by atoms with Crippen molar-refractivity contribution in [1.82, 2.24) is 9.80 Å². The van der Waals surface area contributed by atoms with Crippen LogP contribution >= 0.6 is 12.2 Å². The Labute approximate surface area is 121 Å². The predicted octanol–water partition coefficient (Wildman–Crippen LogP) is 1.87. The Bertz CT molecular complexity index is 422. The van der Waals surface area contributed by atoms with Crippen molar-refractivity contribution in [3.63, 3.8) is 0 Å². The fourth-order valence-corrected chi connectivity index (χ4v) is 2.59. The van der Waals surface area contributed by atoms with E-state index in [-0.39, 0.29) is 5.54 Å². The van der Waals surface area contributed by atoms with Gasteiger partial charge in [0.05, 0.1) is 10.5 Å². The van der Waals surface area contributed by atoms with Gasteiger partial charge in [0, 0.05) is 32.7 Å². The molecule has 0 atom stereocenters. The van der Waals surface area contributed by atoms with Crippen molar-refractivity contribution in [3.8, 4) is 0 Å². The quantitative estimate of drug-likeness (QED) is 0.852. The average molecular weight is 277 g/mol. The van der Waals surface area contributed by atoms with Crippen LogP contribution in [-0.4, -0.2) is 46.5 Å². The summed E-state index contributed by atoms with van der Waals surface area (Å²) in [5.74, 6) is 0. The van der Waals surface area contributed by atoms with Gasteiger partial charge < -0.3 is 5.73 Å². The van der Waals surface area contributed by atoms with Gasteiger partial charge in [-0.25, -0.2) is 0 Å². The number of hydrogen-bond donors (Lipinski definition) is 1. The van der Waals surface area contributed by atoms with E-state index < -0.39 is 0 Å². The second-order valence-corrected chi connectivity index (χ2v) is 6.11. The van der Waals surface area contributed by atoms with Gasteiger partial charge >= 0.3 is 0 Å². The Morgan fingerprint density at radius 1 is 1.16 bits per heavy atom. The van der Waals surface area contributed by atoms with Crippen LogP contribution in [0, 0.1) is 0 Å². The first-order chi connectivity index (χ1) is 9.00. The molecule has 1 aromatic carbocycles. The average Bonchev–Trinajstić information content (AvgIpc) is 2.40. The first-order valence-electron chi connectivity index (χ1n) is 6.81. The van der Waals surface area contributed by atoms with Gasteiger partial charge in [-0.2, -0.15) is 0 Å². The van der Waals surface area contributed by atoms with Crippen LogP contribution in [0.1, 0.15) is 19.4 Å². The van der Waals surface area contributed by atoms with Crippen LogP contribution in [0.25, 0.3) is 0 Å². The van der Waals surface area contributed by atoms with Crippen LogP contribution in [-0.2, 0) is 6.54 Å². The molecule has 3 nitrogen and oxygen atoms in total. The van der Waals surface area contributed by atoms with E-state index in [1.54, 1.807) is 0 Å².